The van der Waals surface area contributed by atoms with Crippen LogP contribution in [-0.2, 0) is 19.4 Å². The van der Waals surface area contributed by atoms with Crippen molar-refractivity contribution in [2.75, 3.05) is 0 Å². The Morgan fingerprint density at radius 2 is 2.12 bits per heavy atom. The highest BCUT2D eigenvalue weighted by molar-refractivity contribution is 5.25. The number of hydrogen-bond acceptors (Lipinski definition) is 2. The van der Waals surface area contributed by atoms with Gasteiger partial charge in [0.1, 0.15) is 5.82 Å². The molecule has 0 aromatic carbocycles. The van der Waals surface area contributed by atoms with Crippen molar-refractivity contribution < 1.29 is 0 Å². The summed E-state index contributed by atoms with van der Waals surface area (Å²) in [4.78, 5) is 17.1. The van der Waals surface area contributed by atoms with E-state index >= 15 is 0 Å². The van der Waals surface area contributed by atoms with Gasteiger partial charge in [-0.3, -0.25) is 9.36 Å². The second-order valence-corrected chi connectivity index (χ2v) is 5.10. The van der Waals surface area contributed by atoms with E-state index in [0.717, 1.165) is 49.3 Å². The van der Waals surface area contributed by atoms with Crippen molar-refractivity contribution in [2.24, 2.45) is 0 Å². The maximum absolute atomic E-state index is 12.3. The molecule has 1 atom stereocenters. The minimum atomic E-state index is 0.256. The van der Waals surface area contributed by atoms with Gasteiger partial charge in [-0.15, -0.1) is 0 Å². The van der Waals surface area contributed by atoms with Crippen LogP contribution < -0.4 is 5.56 Å². The van der Waals surface area contributed by atoms with Gasteiger partial charge in [-0.25, -0.2) is 4.98 Å². The van der Waals surface area contributed by atoms with Crippen LogP contribution in [0.3, 0.4) is 0 Å². The Bertz CT molecular complexity index is 476. The molecule has 1 aromatic heterocycles. The molecule has 1 aliphatic heterocycles. The second-order valence-electron chi connectivity index (χ2n) is 5.10. The van der Waals surface area contributed by atoms with E-state index < -0.39 is 0 Å². The molecule has 0 spiro atoms. The van der Waals surface area contributed by atoms with Gasteiger partial charge in [0.2, 0.25) is 0 Å². The molecule has 3 rings (SSSR count). The first-order valence-electron chi connectivity index (χ1n) is 6.40. The summed E-state index contributed by atoms with van der Waals surface area (Å²) in [7, 11) is 0. The lowest BCUT2D eigenvalue weighted by Crippen LogP contribution is -2.34. The summed E-state index contributed by atoms with van der Waals surface area (Å²) < 4.78 is 1.92. The lowest BCUT2D eigenvalue weighted by molar-refractivity contribution is 0.469. The molecule has 0 amide bonds. The molecular formula is C13H18N2O. The summed E-state index contributed by atoms with van der Waals surface area (Å²) in [6.07, 6.45) is 6.55. The van der Waals surface area contributed by atoms with E-state index in [2.05, 4.69) is 6.92 Å². The smallest absolute Gasteiger partial charge is 0.256 e. The van der Waals surface area contributed by atoms with Crippen molar-refractivity contribution in [3.8, 4) is 0 Å². The van der Waals surface area contributed by atoms with Crippen molar-refractivity contribution >= 4 is 0 Å². The van der Waals surface area contributed by atoms with Gasteiger partial charge in [0.15, 0.2) is 0 Å². The SMILES string of the molecule is CC1CCCc2c1nc1n(c2=O)CCCC1. The minimum absolute atomic E-state index is 0.256. The van der Waals surface area contributed by atoms with E-state index in [1.54, 1.807) is 0 Å². The van der Waals surface area contributed by atoms with Crippen molar-refractivity contribution in [1.82, 2.24) is 9.55 Å². The monoisotopic (exact) mass is 218 g/mol. The predicted octanol–water partition coefficient (Wildman–Crippen LogP) is 2.02. The Labute approximate surface area is 95.5 Å². The average molecular weight is 218 g/mol. The van der Waals surface area contributed by atoms with Crippen molar-refractivity contribution in [2.45, 2.75) is 57.9 Å². The van der Waals surface area contributed by atoms with E-state index in [1.807, 2.05) is 4.57 Å². The molecule has 0 bridgehead atoms. The molecule has 0 fully saturated rings. The van der Waals surface area contributed by atoms with Crippen LogP contribution in [0, 0.1) is 0 Å². The highest BCUT2D eigenvalue weighted by atomic mass is 16.1. The fourth-order valence-electron chi connectivity index (χ4n) is 3.00. The Morgan fingerprint density at radius 3 is 3.00 bits per heavy atom. The molecule has 0 saturated carbocycles. The number of aromatic nitrogens is 2. The summed E-state index contributed by atoms with van der Waals surface area (Å²) in [5.74, 6) is 1.51. The number of hydrogen-bond donors (Lipinski definition) is 0. The summed E-state index contributed by atoms with van der Waals surface area (Å²) in [5.41, 5.74) is 2.36. The fraction of sp³-hybridized carbons (Fsp3) is 0.692. The lowest BCUT2D eigenvalue weighted by Gasteiger charge is -2.25. The van der Waals surface area contributed by atoms with Crippen LogP contribution >= 0.6 is 0 Å². The van der Waals surface area contributed by atoms with Crippen molar-refractivity contribution in [1.29, 1.82) is 0 Å². The first-order valence-corrected chi connectivity index (χ1v) is 6.40. The largest absolute Gasteiger partial charge is 0.296 e. The zero-order valence-electron chi connectivity index (χ0n) is 9.83. The van der Waals surface area contributed by atoms with Crippen LogP contribution in [-0.4, -0.2) is 9.55 Å². The molecule has 3 nitrogen and oxygen atoms in total. The zero-order valence-corrected chi connectivity index (χ0v) is 9.83. The molecule has 2 heterocycles. The topological polar surface area (TPSA) is 34.9 Å². The third-order valence-corrected chi connectivity index (χ3v) is 3.94. The summed E-state index contributed by atoms with van der Waals surface area (Å²) in [6, 6.07) is 0. The Balaban J connectivity index is 2.22. The first kappa shape index (κ1) is 10.1. The highest BCUT2D eigenvalue weighted by Gasteiger charge is 2.24. The number of nitrogens with zero attached hydrogens (tertiary/aromatic N) is 2. The first-order chi connectivity index (χ1) is 7.77. The molecular weight excluding hydrogens is 200 g/mol. The standard InChI is InChI=1S/C13H18N2O/c1-9-5-4-6-10-12(9)14-11-7-2-3-8-15(11)13(10)16/h9H,2-8H2,1H3. The molecule has 1 unspecified atom stereocenters. The molecule has 0 saturated heterocycles. The fourth-order valence-corrected chi connectivity index (χ4v) is 3.00. The van der Waals surface area contributed by atoms with Gasteiger partial charge in [-0.2, -0.15) is 0 Å². The summed E-state index contributed by atoms with van der Waals surface area (Å²) >= 11 is 0. The van der Waals surface area contributed by atoms with Crippen molar-refractivity contribution in [3.05, 3.63) is 27.4 Å². The second kappa shape index (κ2) is 3.72. The summed E-state index contributed by atoms with van der Waals surface area (Å²) in [6.45, 7) is 3.08. The minimum Gasteiger partial charge on any atom is -0.296 e. The number of rotatable bonds is 0. The molecule has 1 aliphatic carbocycles. The normalized spacial score (nSPS) is 23.7. The van der Waals surface area contributed by atoms with E-state index in [4.69, 9.17) is 4.98 Å². The van der Waals surface area contributed by atoms with Gasteiger partial charge >= 0.3 is 0 Å². The number of aryl methyl sites for hydroxylation is 1. The lowest BCUT2D eigenvalue weighted by atomic mass is 9.88. The van der Waals surface area contributed by atoms with E-state index in [1.165, 1.54) is 12.8 Å². The van der Waals surface area contributed by atoms with Crippen LogP contribution in [0.5, 0.6) is 0 Å². The van der Waals surface area contributed by atoms with Crippen LogP contribution in [0.2, 0.25) is 0 Å². The Kier molecular flexibility index (Phi) is 2.34. The quantitative estimate of drug-likeness (QED) is 0.667. The third kappa shape index (κ3) is 1.41. The van der Waals surface area contributed by atoms with Gasteiger partial charge in [-0.05, 0) is 38.0 Å². The van der Waals surface area contributed by atoms with Gasteiger partial charge in [0, 0.05) is 18.5 Å². The van der Waals surface area contributed by atoms with Gasteiger partial charge in [0.25, 0.3) is 5.56 Å². The maximum atomic E-state index is 12.3. The van der Waals surface area contributed by atoms with Gasteiger partial charge in [-0.1, -0.05) is 6.92 Å². The molecule has 3 heteroatoms. The van der Waals surface area contributed by atoms with Crippen LogP contribution in [0.25, 0.3) is 0 Å². The zero-order chi connectivity index (χ0) is 11.1. The van der Waals surface area contributed by atoms with Crippen LogP contribution in [0.1, 0.15) is 55.6 Å². The van der Waals surface area contributed by atoms with Gasteiger partial charge in [0.05, 0.1) is 5.69 Å². The number of fused-ring (bicyclic) bond motifs is 2. The van der Waals surface area contributed by atoms with Crippen molar-refractivity contribution in [3.63, 3.8) is 0 Å². The van der Waals surface area contributed by atoms with Crippen LogP contribution in [0.15, 0.2) is 4.79 Å². The van der Waals surface area contributed by atoms with E-state index in [9.17, 15) is 4.79 Å². The maximum Gasteiger partial charge on any atom is 0.256 e. The molecule has 16 heavy (non-hydrogen) atoms. The third-order valence-electron chi connectivity index (χ3n) is 3.94. The van der Waals surface area contributed by atoms with E-state index in [-0.39, 0.29) is 5.56 Å². The van der Waals surface area contributed by atoms with E-state index in [0.29, 0.717) is 5.92 Å². The van der Waals surface area contributed by atoms with Crippen LogP contribution in [0.4, 0.5) is 0 Å². The molecule has 0 N–H and O–H groups in total. The molecule has 0 radical (unpaired) electrons. The Morgan fingerprint density at radius 1 is 1.25 bits per heavy atom. The average Bonchev–Trinajstić information content (AvgIpc) is 2.31. The predicted molar refractivity (Wildman–Crippen MR) is 62.8 cm³/mol. The van der Waals surface area contributed by atoms with Gasteiger partial charge < -0.3 is 0 Å². The Hall–Kier alpha value is -1.12. The molecule has 86 valence electrons. The summed E-state index contributed by atoms with van der Waals surface area (Å²) in [5, 5.41) is 0. The highest BCUT2D eigenvalue weighted by Crippen LogP contribution is 2.28. The molecule has 1 aromatic rings. The molecule has 2 aliphatic rings.